The maximum atomic E-state index is 13.2. The van der Waals surface area contributed by atoms with E-state index in [4.69, 9.17) is 23.2 Å². The van der Waals surface area contributed by atoms with E-state index in [-0.39, 0.29) is 17.2 Å². The van der Waals surface area contributed by atoms with Crippen LogP contribution in [0.3, 0.4) is 0 Å². The highest BCUT2D eigenvalue weighted by molar-refractivity contribution is 6.31. The topological polar surface area (TPSA) is 78.0 Å². The molecule has 30 heavy (non-hydrogen) atoms. The van der Waals surface area contributed by atoms with E-state index in [1.165, 1.54) is 16.9 Å². The van der Waals surface area contributed by atoms with Crippen molar-refractivity contribution < 1.29 is 9.72 Å². The number of rotatable bonds is 5. The van der Waals surface area contributed by atoms with E-state index < -0.39 is 4.92 Å². The molecule has 3 aromatic carbocycles. The third kappa shape index (κ3) is 3.70. The summed E-state index contributed by atoms with van der Waals surface area (Å²) in [5.74, 6) is -0.276. The van der Waals surface area contributed by atoms with Crippen LogP contribution in [0.15, 0.2) is 79.0 Å². The first kappa shape index (κ1) is 19.8. The van der Waals surface area contributed by atoms with Crippen LogP contribution in [0.1, 0.15) is 15.9 Å². The van der Waals surface area contributed by atoms with E-state index in [1.807, 2.05) is 0 Å². The molecule has 0 bridgehead atoms. The van der Waals surface area contributed by atoms with E-state index >= 15 is 0 Å². The van der Waals surface area contributed by atoms with Gasteiger partial charge in [-0.1, -0.05) is 47.5 Å². The summed E-state index contributed by atoms with van der Waals surface area (Å²) in [5, 5.41) is 16.9. The molecule has 0 atom stereocenters. The number of carbonyl (C=O) groups is 1. The van der Waals surface area contributed by atoms with Gasteiger partial charge in [0.15, 0.2) is 5.78 Å². The molecule has 0 aliphatic heterocycles. The van der Waals surface area contributed by atoms with E-state index in [0.29, 0.717) is 32.4 Å². The van der Waals surface area contributed by atoms with Crippen molar-refractivity contribution in [1.82, 2.24) is 9.78 Å². The zero-order chi connectivity index (χ0) is 21.3. The van der Waals surface area contributed by atoms with Crippen LogP contribution in [0.25, 0.3) is 16.9 Å². The van der Waals surface area contributed by atoms with Crippen molar-refractivity contribution in [3.63, 3.8) is 0 Å². The molecule has 0 fully saturated rings. The van der Waals surface area contributed by atoms with Gasteiger partial charge in [-0.3, -0.25) is 14.9 Å². The molecule has 4 rings (SSSR count). The summed E-state index contributed by atoms with van der Waals surface area (Å²) >= 11 is 11.9. The molecule has 6 nitrogen and oxygen atoms in total. The number of carbonyl (C=O) groups excluding carboxylic acids is 1. The van der Waals surface area contributed by atoms with Crippen LogP contribution >= 0.6 is 23.2 Å². The molecule has 1 aromatic heterocycles. The maximum absolute atomic E-state index is 13.2. The molecular weight excluding hydrogens is 425 g/mol. The van der Waals surface area contributed by atoms with E-state index in [2.05, 4.69) is 5.10 Å². The second kappa shape index (κ2) is 8.10. The number of hydrogen-bond donors (Lipinski definition) is 0. The predicted octanol–water partition coefficient (Wildman–Crippen LogP) is 5.99. The number of nitro groups is 1. The van der Waals surface area contributed by atoms with Crippen LogP contribution in [0.4, 0.5) is 5.69 Å². The van der Waals surface area contributed by atoms with Crippen LogP contribution in [0, 0.1) is 10.1 Å². The largest absolute Gasteiger partial charge is 0.294 e. The van der Waals surface area contributed by atoms with Gasteiger partial charge in [-0.25, -0.2) is 4.68 Å². The molecule has 0 spiro atoms. The van der Waals surface area contributed by atoms with Crippen molar-refractivity contribution in [2.45, 2.75) is 0 Å². The van der Waals surface area contributed by atoms with Crippen molar-refractivity contribution in [3.05, 3.63) is 110 Å². The molecule has 148 valence electrons. The minimum atomic E-state index is -0.483. The normalized spacial score (nSPS) is 10.7. The maximum Gasteiger partial charge on any atom is 0.294 e. The molecule has 0 saturated carbocycles. The molecule has 0 radical (unpaired) electrons. The molecule has 0 aliphatic carbocycles. The summed E-state index contributed by atoms with van der Waals surface area (Å²) in [5.41, 5.74) is 1.94. The van der Waals surface area contributed by atoms with Gasteiger partial charge in [-0.05, 0) is 42.5 Å². The SMILES string of the molecule is O=C(c1ccc(Cl)cc1)c1cnn(-c2ccccc2[N+](=O)[O-])c1-c1ccc(Cl)cc1. The lowest BCUT2D eigenvalue weighted by Crippen LogP contribution is -2.06. The van der Waals surface area contributed by atoms with Gasteiger partial charge in [0.05, 0.1) is 22.4 Å². The van der Waals surface area contributed by atoms with Crippen molar-refractivity contribution in [2.24, 2.45) is 0 Å². The van der Waals surface area contributed by atoms with Crippen molar-refractivity contribution in [3.8, 4) is 16.9 Å². The Hall–Kier alpha value is -3.48. The minimum Gasteiger partial charge on any atom is -0.288 e. The van der Waals surface area contributed by atoms with E-state index in [0.717, 1.165) is 0 Å². The third-order valence-electron chi connectivity index (χ3n) is 4.54. The summed E-state index contributed by atoms with van der Waals surface area (Å²) < 4.78 is 1.41. The van der Waals surface area contributed by atoms with Crippen LogP contribution in [-0.2, 0) is 0 Å². The van der Waals surface area contributed by atoms with Crippen LogP contribution in [-0.4, -0.2) is 20.5 Å². The van der Waals surface area contributed by atoms with Crippen molar-refractivity contribution in [1.29, 1.82) is 0 Å². The monoisotopic (exact) mass is 437 g/mol. The zero-order valence-corrected chi connectivity index (χ0v) is 16.8. The molecule has 0 N–H and O–H groups in total. The number of benzene rings is 3. The molecule has 0 aliphatic rings. The van der Waals surface area contributed by atoms with Gasteiger partial charge in [0.2, 0.25) is 0 Å². The summed E-state index contributed by atoms with van der Waals surface area (Å²) in [6.45, 7) is 0. The first-order chi connectivity index (χ1) is 14.5. The average Bonchev–Trinajstić information content (AvgIpc) is 3.19. The van der Waals surface area contributed by atoms with Gasteiger partial charge in [0, 0.05) is 27.2 Å². The van der Waals surface area contributed by atoms with Gasteiger partial charge in [-0.15, -0.1) is 0 Å². The fourth-order valence-corrected chi connectivity index (χ4v) is 3.39. The standard InChI is InChI=1S/C22H13Cl2N3O3/c23-16-9-5-14(6-10-16)21-18(22(28)15-7-11-17(24)12-8-15)13-25-26(21)19-3-1-2-4-20(19)27(29)30/h1-13H. The number of halogens is 2. The Morgan fingerprint density at radius 2 is 1.50 bits per heavy atom. The van der Waals surface area contributed by atoms with Crippen molar-refractivity contribution in [2.75, 3.05) is 0 Å². The molecule has 0 unspecified atom stereocenters. The summed E-state index contributed by atoms with van der Waals surface area (Å²) in [6.07, 6.45) is 1.41. The lowest BCUT2D eigenvalue weighted by atomic mass is 10.00. The number of ketones is 1. The molecule has 0 amide bonds. The van der Waals surface area contributed by atoms with Crippen LogP contribution in [0.5, 0.6) is 0 Å². The highest BCUT2D eigenvalue weighted by Gasteiger charge is 2.24. The summed E-state index contributed by atoms with van der Waals surface area (Å²) in [4.78, 5) is 24.3. The fourth-order valence-electron chi connectivity index (χ4n) is 3.14. The fraction of sp³-hybridized carbons (Fsp3) is 0. The second-order valence-electron chi connectivity index (χ2n) is 6.41. The van der Waals surface area contributed by atoms with Crippen LogP contribution in [0.2, 0.25) is 10.0 Å². The molecule has 4 aromatic rings. The molecular formula is C22H13Cl2N3O3. The molecule has 0 saturated heterocycles. The second-order valence-corrected chi connectivity index (χ2v) is 7.28. The third-order valence-corrected chi connectivity index (χ3v) is 5.05. The number of hydrogen-bond acceptors (Lipinski definition) is 4. The Bertz CT molecular complexity index is 1250. The highest BCUT2D eigenvalue weighted by atomic mass is 35.5. The average molecular weight is 438 g/mol. The highest BCUT2D eigenvalue weighted by Crippen LogP contribution is 2.32. The first-order valence-corrected chi connectivity index (χ1v) is 9.59. The molecule has 8 heteroatoms. The number of para-hydroxylation sites is 2. The Balaban J connectivity index is 1.95. The van der Waals surface area contributed by atoms with E-state index in [9.17, 15) is 14.9 Å². The lowest BCUT2D eigenvalue weighted by Gasteiger charge is -2.11. The van der Waals surface area contributed by atoms with Gasteiger partial charge < -0.3 is 0 Å². The smallest absolute Gasteiger partial charge is 0.288 e. The summed E-state index contributed by atoms with van der Waals surface area (Å²) in [7, 11) is 0. The van der Waals surface area contributed by atoms with Crippen LogP contribution < -0.4 is 0 Å². The van der Waals surface area contributed by atoms with Gasteiger partial charge in [-0.2, -0.15) is 5.10 Å². The first-order valence-electron chi connectivity index (χ1n) is 8.84. The number of nitro benzene ring substituents is 1. The van der Waals surface area contributed by atoms with Gasteiger partial charge in [0.25, 0.3) is 5.69 Å². The number of nitrogens with zero attached hydrogens (tertiary/aromatic N) is 3. The Labute approximate surface area is 181 Å². The summed E-state index contributed by atoms with van der Waals surface area (Å²) in [6, 6.07) is 19.6. The number of aromatic nitrogens is 2. The zero-order valence-electron chi connectivity index (χ0n) is 15.3. The Morgan fingerprint density at radius 3 is 2.13 bits per heavy atom. The minimum absolute atomic E-state index is 0.124. The van der Waals surface area contributed by atoms with Crippen molar-refractivity contribution >= 4 is 34.7 Å². The van der Waals surface area contributed by atoms with E-state index in [1.54, 1.807) is 66.7 Å². The lowest BCUT2D eigenvalue weighted by molar-refractivity contribution is -0.384. The predicted molar refractivity (Wildman–Crippen MR) is 116 cm³/mol. The quantitative estimate of drug-likeness (QED) is 0.218. The van der Waals surface area contributed by atoms with Gasteiger partial charge >= 0.3 is 0 Å². The van der Waals surface area contributed by atoms with Gasteiger partial charge in [0.1, 0.15) is 5.69 Å². The molecule has 1 heterocycles. The Morgan fingerprint density at radius 1 is 0.900 bits per heavy atom. The Kier molecular flexibility index (Phi) is 5.35.